The number of hydrogen-bond donors (Lipinski definition) is 1. The Labute approximate surface area is 99.6 Å². The van der Waals surface area contributed by atoms with Crippen LogP contribution in [-0.2, 0) is 4.79 Å². The minimum absolute atomic E-state index is 0.651. The molecule has 0 saturated heterocycles. The van der Waals surface area contributed by atoms with Gasteiger partial charge in [0, 0.05) is 5.39 Å². The lowest BCUT2D eigenvalue weighted by Crippen LogP contribution is -2.23. The van der Waals surface area contributed by atoms with Crippen LogP contribution in [0, 0.1) is 6.92 Å². The molecule has 0 spiro atoms. The lowest BCUT2D eigenvalue weighted by atomic mass is 10.1. The SMILES string of the molecule is Cc1ccc2ccccc2c1O[C@H](C)C(=O)O. The fourth-order valence-corrected chi connectivity index (χ4v) is 1.74. The van der Waals surface area contributed by atoms with Gasteiger partial charge in [0.25, 0.3) is 0 Å². The van der Waals surface area contributed by atoms with E-state index in [1.165, 1.54) is 6.92 Å². The Balaban J connectivity index is 2.51. The van der Waals surface area contributed by atoms with E-state index in [0.717, 1.165) is 16.3 Å². The first-order valence-corrected chi connectivity index (χ1v) is 5.47. The molecule has 2 aromatic carbocycles. The van der Waals surface area contributed by atoms with E-state index in [9.17, 15) is 4.79 Å². The van der Waals surface area contributed by atoms with Crippen molar-refractivity contribution in [3.63, 3.8) is 0 Å². The molecule has 0 aromatic heterocycles. The summed E-state index contributed by atoms with van der Waals surface area (Å²) in [6.07, 6.45) is -0.848. The molecule has 0 heterocycles. The van der Waals surface area contributed by atoms with Crippen molar-refractivity contribution in [3.05, 3.63) is 42.0 Å². The lowest BCUT2D eigenvalue weighted by molar-refractivity contribution is -0.144. The molecule has 0 bridgehead atoms. The number of carbonyl (C=O) groups is 1. The summed E-state index contributed by atoms with van der Waals surface area (Å²) in [6, 6.07) is 11.7. The number of aryl methyl sites for hydroxylation is 1. The van der Waals surface area contributed by atoms with Crippen LogP contribution in [-0.4, -0.2) is 17.2 Å². The zero-order valence-corrected chi connectivity index (χ0v) is 9.81. The highest BCUT2D eigenvalue weighted by Gasteiger charge is 2.15. The molecule has 3 nitrogen and oxygen atoms in total. The van der Waals surface area contributed by atoms with E-state index < -0.39 is 12.1 Å². The predicted molar refractivity (Wildman–Crippen MR) is 66.4 cm³/mol. The number of fused-ring (bicyclic) bond motifs is 1. The molecule has 0 amide bonds. The average Bonchev–Trinajstić information content (AvgIpc) is 2.32. The number of rotatable bonds is 3. The number of hydrogen-bond acceptors (Lipinski definition) is 2. The van der Waals surface area contributed by atoms with Crippen LogP contribution in [0.3, 0.4) is 0 Å². The summed E-state index contributed by atoms with van der Waals surface area (Å²) in [5.41, 5.74) is 0.941. The normalized spacial score (nSPS) is 12.4. The zero-order chi connectivity index (χ0) is 12.4. The van der Waals surface area contributed by atoms with Crippen LogP contribution in [0.5, 0.6) is 5.75 Å². The van der Waals surface area contributed by atoms with Crippen molar-refractivity contribution < 1.29 is 14.6 Å². The van der Waals surface area contributed by atoms with Gasteiger partial charge < -0.3 is 9.84 Å². The smallest absolute Gasteiger partial charge is 0.344 e. The Morgan fingerprint density at radius 1 is 1.24 bits per heavy atom. The summed E-state index contributed by atoms with van der Waals surface area (Å²) >= 11 is 0. The van der Waals surface area contributed by atoms with Crippen molar-refractivity contribution >= 4 is 16.7 Å². The molecule has 2 rings (SSSR count). The van der Waals surface area contributed by atoms with Crippen LogP contribution in [0.15, 0.2) is 36.4 Å². The second-order valence-electron chi connectivity index (χ2n) is 4.03. The van der Waals surface area contributed by atoms with Crippen LogP contribution in [0.1, 0.15) is 12.5 Å². The van der Waals surface area contributed by atoms with Gasteiger partial charge in [0.15, 0.2) is 6.10 Å². The van der Waals surface area contributed by atoms with Gasteiger partial charge in [0.1, 0.15) is 5.75 Å². The van der Waals surface area contributed by atoms with Gasteiger partial charge in [-0.25, -0.2) is 4.79 Å². The van der Waals surface area contributed by atoms with Crippen molar-refractivity contribution in [2.45, 2.75) is 20.0 Å². The third-order valence-electron chi connectivity index (χ3n) is 2.72. The third-order valence-corrected chi connectivity index (χ3v) is 2.72. The highest BCUT2D eigenvalue weighted by Crippen LogP contribution is 2.30. The van der Waals surface area contributed by atoms with Gasteiger partial charge in [0.05, 0.1) is 0 Å². The van der Waals surface area contributed by atoms with E-state index in [2.05, 4.69) is 0 Å². The van der Waals surface area contributed by atoms with E-state index in [1.807, 2.05) is 43.3 Å². The van der Waals surface area contributed by atoms with Crippen molar-refractivity contribution in [1.29, 1.82) is 0 Å². The summed E-state index contributed by atoms with van der Waals surface area (Å²) in [7, 11) is 0. The molecule has 3 heteroatoms. The van der Waals surface area contributed by atoms with Crippen molar-refractivity contribution in [3.8, 4) is 5.75 Å². The fourth-order valence-electron chi connectivity index (χ4n) is 1.74. The van der Waals surface area contributed by atoms with Crippen LogP contribution >= 0.6 is 0 Å². The number of carboxylic acids is 1. The summed E-state index contributed by atoms with van der Waals surface area (Å²) in [5, 5.41) is 10.9. The molecular formula is C14H14O3. The Kier molecular flexibility index (Phi) is 3.00. The Hall–Kier alpha value is -2.03. The van der Waals surface area contributed by atoms with Crippen molar-refractivity contribution in [2.75, 3.05) is 0 Å². The van der Waals surface area contributed by atoms with E-state index in [1.54, 1.807) is 0 Å². The molecule has 1 N–H and O–H groups in total. The maximum atomic E-state index is 10.8. The molecule has 88 valence electrons. The molecule has 0 unspecified atom stereocenters. The van der Waals surface area contributed by atoms with Crippen LogP contribution in [0.2, 0.25) is 0 Å². The highest BCUT2D eigenvalue weighted by atomic mass is 16.5. The standard InChI is InChI=1S/C14H14O3/c1-9-7-8-11-5-3-4-6-12(11)13(9)17-10(2)14(15)16/h3-8,10H,1-2H3,(H,15,16)/t10-/m1/s1. The summed E-state index contributed by atoms with van der Waals surface area (Å²) in [4.78, 5) is 10.8. The maximum Gasteiger partial charge on any atom is 0.344 e. The van der Waals surface area contributed by atoms with E-state index >= 15 is 0 Å². The van der Waals surface area contributed by atoms with Crippen LogP contribution in [0.4, 0.5) is 0 Å². The topological polar surface area (TPSA) is 46.5 Å². The fraction of sp³-hybridized carbons (Fsp3) is 0.214. The zero-order valence-electron chi connectivity index (χ0n) is 9.81. The lowest BCUT2D eigenvalue weighted by Gasteiger charge is -2.15. The summed E-state index contributed by atoms with van der Waals surface area (Å²) in [5.74, 6) is -0.310. The van der Waals surface area contributed by atoms with Gasteiger partial charge in [-0.15, -0.1) is 0 Å². The largest absolute Gasteiger partial charge is 0.479 e. The predicted octanol–water partition coefficient (Wildman–Crippen LogP) is 3.00. The molecule has 0 saturated carbocycles. The van der Waals surface area contributed by atoms with Crippen LogP contribution < -0.4 is 4.74 Å². The third kappa shape index (κ3) is 2.23. The van der Waals surface area contributed by atoms with E-state index in [-0.39, 0.29) is 0 Å². The number of carboxylic acid groups (broad SMARTS) is 1. The first-order valence-electron chi connectivity index (χ1n) is 5.47. The number of ether oxygens (including phenoxy) is 1. The average molecular weight is 230 g/mol. The number of benzene rings is 2. The maximum absolute atomic E-state index is 10.8. The molecule has 17 heavy (non-hydrogen) atoms. The quantitative estimate of drug-likeness (QED) is 0.881. The Morgan fingerprint density at radius 2 is 1.94 bits per heavy atom. The molecule has 0 radical (unpaired) electrons. The van der Waals surface area contributed by atoms with Crippen molar-refractivity contribution in [1.82, 2.24) is 0 Å². The van der Waals surface area contributed by atoms with Gasteiger partial charge >= 0.3 is 5.97 Å². The van der Waals surface area contributed by atoms with Gasteiger partial charge in [-0.1, -0.05) is 36.4 Å². The van der Waals surface area contributed by atoms with E-state index in [4.69, 9.17) is 9.84 Å². The monoisotopic (exact) mass is 230 g/mol. The van der Waals surface area contributed by atoms with Gasteiger partial charge in [0.2, 0.25) is 0 Å². The number of aliphatic carboxylic acids is 1. The second kappa shape index (κ2) is 4.45. The van der Waals surface area contributed by atoms with Gasteiger partial charge in [-0.2, -0.15) is 0 Å². The Morgan fingerprint density at radius 3 is 2.65 bits per heavy atom. The second-order valence-corrected chi connectivity index (χ2v) is 4.03. The van der Waals surface area contributed by atoms with Gasteiger partial charge in [-0.05, 0) is 24.8 Å². The first-order chi connectivity index (χ1) is 8.09. The first kappa shape index (κ1) is 11.5. The molecule has 2 aromatic rings. The molecule has 0 aliphatic carbocycles. The summed E-state index contributed by atoms with van der Waals surface area (Å²) in [6.45, 7) is 3.44. The minimum Gasteiger partial charge on any atom is -0.479 e. The Bertz CT molecular complexity index is 560. The molecule has 0 aliphatic heterocycles. The van der Waals surface area contributed by atoms with Crippen molar-refractivity contribution in [2.24, 2.45) is 0 Å². The molecule has 0 aliphatic rings. The molecule has 0 fully saturated rings. The highest BCUT2D eigenvalue weighted by molar-refractivity contribution is 5.89. The summed E-state index contributed by atoms with van der Waals surface area (Å²) < 4.78 is 5.52. The molecule has 1 atom stereocenters. The van der Waals surface area contributed by atoms with Crippen LogP contribution in [0.25, 0.3) is 10.8 Å². The molecular weight excluding hydrogens is 216 g/mol. The van der Waals surface area contributed by atoms with E-state index in [0.29, 0.717) is 5.75 Å². The van der Waals surface area contributed by atoms with Gasteiger partial charge in [-0.3, -0.25) is 0 Å². The minimum atomic E-state index is -0.961.